The van der Waals surface area contributed by atoms with Gasteiger partial charge in [-0.1, -0.05) is 24.6 Å². The minimum absolute atomic E-state index is 0.315. The van der Waals surface area contributed by atoms with Gasteiger partial charge in [0.2, 0.25) is 0 Å². The Morgan fingerprint density at radius 3 is 2.65 bits per heavy atom. The predicted octanol–water partition coefficient (Wildman–Crippen LogP) is 1.46. The fourth-order valence-electron chi connectivity index (χ4n) is 2.14. The molecule has 1 N–H and O–H groups in total. The normalized spacial score (nSPS) is 10.6. The average Bonchev–Trinajstić information content (AvgIpc) is 2.42. The van der Waals surface area contributed by atoms with Crippen LogP contribution < -0.4 is 16.0 Å². The summed E-state index contributed by atoms with van der Waals surface area (Å²) in [6.45, 7) is 4.23. The Morgan fingerprint density at radius 2 is 2.00 bits per heavy atom. The Morgan fingerprint density at radius 1 is 1.25 bits per heavy atom. The van der Waals surface area contributed by atoms with E-state index in [1.165, 1.54) is 4.57 Å². The third-order valence-corrected chi connectivity index (χ3v) is 3.24. The van der Waals surface area contributed by atoms with E-state index in [4.69, 9.17) is 4.74 Å². The van der Waals surface area contributed by atoms with Crippen LogP contribution in [-0.2, 0) is 13.0 Å². The quantitative estimate of drug-likeness (QED) is 0.918. The molecule has 0 aliphatic rings. The zero-order valence-electron chi connectivity index (χ0n) is 11.9. The summed E-state index contributed by atoms with van der Waals surface area (Å²) >= 11 is 0. The monoisotopic (exact) mass is 274 g/mol. The molecule has 5 heteroatoms. The molecule has 106 valence electrons. The highest BCUT2D eigenvalue weighted by molar-refractivity contribution is 5.37. The van der Waals surface area contributed by atoms with Gasteiger partial charge in [0.25, 0.3) is 5.56 Å². The number of hydrogen-bond acceptors (Lipinski definition) is 3. The molecule has 20 heavy (non-hydrogen) atoms. The van der Waals surface area contributed by atoms with Crippen molar-refractivity contribution in [3.63, 3.8) is 0 Å². The zero-order valence-corrected chi connectivity index (χ0v) is 11.9. The SMILES string of the molecule is CCc1cn(Cc2cc(C)ccc2OC)c(=O)[nH]c1=O. The standard InChI is InChI=1S/C15H18N2O3/c1-4-11-8-17(15(19)16-14(11)18)9-12-7-10(2)5-6-13(12)20-3/h5-8H,4,9H2,1-3H3,(H,16,18,19). The van der Waals surface area contributed by atoms with E-state index in [0.717, 1.165) is 16.9 Å². The molecule has 0 aliphatic carbocycles. The molecule has 0 saturated carbocycles. The molecular weight excluding hydrogens is 256 g/mol. The van der Waals surface area contributed by atoms with Crippen molar-refractivity contribution in [3.05, 3.63) is 61.9 Å². The van der Waals surface area contributed by atoms with E-state index in [9.17, 15) is 9.59 Å². The maximum absolute atomic E-state index is 11.9. The van der Waals surface area contributed by atoms with Crippen LogP contribution in [-0.4, -0.2) is 16.7 Å². The highest BCUT2D eigenvalue weighted by atomic mass is 16.5. The van der Waals surface area contributed by atoms with Crippen molar-refractivity contribution in [1.29, 1.82) is 0 Å². The van der Waals surface area contributed by atoms with Gasteiger partial charge in [0.15, 0.2) is 0 Å². The van der Waals surface area contributed by atoms with E-state index in [-0.39, 0.29) is 5.56 Å². The summed E-state index contributed by atoms with van der Waals surface area (Å²) in [7, 11) is 1.60. The number of hydrogen-bond donors (Lipinski definition) is 1. The second-order valence-corrected chi connectivity index (χ2v) is 4.71. The van der Waals surface area contributed by atoms with Crippen molar-refractivity contribution in [2.45, 2.75) is 26.8 Å². The minimum Gasteiger partial charge on any atom is -0.496 e. The molecule has 0 spiro atoms. The lowest BCUT2D eigenvalue weighted by Gasteiger charge is -2.11. The van der Waals surface area contributed by atoms with Gasteiger partial charge in [-0.25, -0.2) is 4.79 Å². The number of nitrogens with zero attached hydrogens (tertiary/aromatic N) is 1. The number of aromatic amines is 1. The number of aromatic nitrogens is 2. The van der Waals surface area contributed by atoms with Gasteiger partial charge in [0.1, 0.15) is 5.75 Å². The van der Waals surface area contributed by atoms with E-state index >= 15 is 0 Å². The van der Waals surface area contributed by atoms with Crippen LogP contribution in [0.2, 0.25) is 0 Å². The summed E-state index contributed by atoms with van der Waals surface area (Å²) in [5.74, 6) is 0.728. The Balaban J connectivity index is 2.47. The average molecular weight is 274 g/mol. The second-order valence-electron chi connectivity index (χ2n) is 4.71. The number of ether oxygens (including phenoxy) is 1. The third kappa shape index (κ3) is 2.82. The van der Waals surface area contributed by atoms with Crippen LogP contribution in [0.3, 0.4) is 0 Å². The Hall–Kier alpha value is -2.30. The molecular formula is C15H18N2O3. The number of aryl methyl sites for hydroxylation is 2. The van der Waals surface area contributed by atoms with Crippen molar-refractivity contribution < 1.29 is 4.74 Å². The molecule has 1 heterocycles. The Kier molecular flexibility index (Phi) is 4.08. The first-order valence-electron chi connectivity index (χ1n) is 6.51. The molecule has 0 unspecified atom stereocenters. The van der Waals surface area contributed by atoms with Gasteiger partial charge in [-0.3, -0.25) is 14.3 Å². The first kappa shape index (κ1) is 14.1. The van der Waals surface area contributed by atoms with Gasteiger partial charge in [-0.15, -0.1) is 0 Å². The minimum atomic E-state index is -0.407. The largest absolute Gasteiger partial charge is 0.496 e. The first-order valence-corrected chi connectivity index (χ1v) is 6.51. The molecule has 5 nitrogen and oxygen atoms in total. The van der Waals surface area contributed by atoms with Gasteiger partial charge in [-0.2, -0.15) is 0 Å². The molecule has 1 aromatic carbocycles. The predicted molar refractivity (Wildman–Crippen MR) is 77.5 cm³/mol. The van der Waals surface area contributed by atoms with E-state index < -0.39 is 5.69 Å². The molecule has 0 radical (unpaired) electrons. The summed E-state index contributed by atoms with van der Waals surface area (Å²) in [4.78, 5) is 25.8. The number of benzene rings is 1. The van der Waals surface area contributed by atoms with Crippen LogP contribution in [0, 0.1) is 6.92 Å². The number of methoxy groups -OCH3 is 1. The second kappa shape index (κ2) is 5.77. The zero-order chi connectivity index (χ0) is 14.7. The van der Waals surface area contributed by atoms with Gasteiger partial charge < -0.3 is 4.74 Å². The summed E-state index contributed by atoms with van der Waals surface area (Å²) in [5.41, 5.74) is 1.87. The number of nitrogens with one attached hydrogen (secondary N) is 1. The van der Waals surface area contributed by atoms with Crippen molar-refractivity contribution in [3.8, 4) is 5.75 Å². The molecule has 2 rings (SSSR count). The van der Waals surface area contributed by atoms with E-state index in [2.05, 4.69) is 4.98 Å². The number of H-pyrrole nitrogens is 1. The van der Waals surface area contributed by atoms with Crippen molar-refractivity contribution in [2.75, 3.05) is 7.11 Å². The molecule has 0 fully saturated rings. The molecule has 0 bridgehead atoms. The number of rotatable bonds is 4. The molecule has 0 aliphatic heterocycles. The van der Waals surface area contributed by atoms with Crippen LogP contribution in [0.5, 0.6) is 5.75 Å². The summed E-state index contributed by atoms with van der Waals surface area (Å²) in [5, 5.41) is 0. The summed E-state index contributed by atoms with van der Waals surface area (Å²) < 4.78 is 6.80. The lowest BCUT2D eigenvalue weighted by molar-refractivity contribution is 0.407. The fourth-order valence-corrected chi connectivity index (χ4v) is 2.14. The highest BCUT2D eigenvalue weighted by Crippen LogP contribution is 2.20. The molecule has 0 saturated heterocycles. The first-order chi connectivity index (χ1) is 9.55. The van der Waals surface area contributed by atoms with E-state index in [1.54, 1.807) is 13.3 Å². The lowest BCUT2D eigenvalue weighted by atomic mass is 10.1. The lowest BCUT2D eigenvalue weighted by Crippen LogP contribution is -2.31. The van der Waals surface area contributed by atoms with Crippen molar-refractivity contribution >= 4 is 0 Å². The van der Waals surface area contributed by atoms with Gasteiger partial charge in [0, 0.05) is 17.3 Å². The van der Waals surface area contributed by atoms with Gasteiger partial charge in [-0.05, 0) is 19.4 Å². The molecule has 0 amide bonds. The van der Waals surface area contributed by atoms with Crippen LogP contribution in [0.25, 0.3) is 0 Å². The maximum Gasteiger partial charge on any atom is 0.328 e. The smallest absolute Gasteiger partial charge is 0.328 e. The Labute approximate surface area is 116 Å². The van der Waals surface area contributed by atoms with Crippen LogP contribution in [0.4, 0.5) is 0 Å². The van der Waals surface area contributed by atoms with E-state index in [1.807, 2.05) is 32.0 Å². The van der Waals surface area contributed by atoms with E-state index in [0.29, 0.717) is 18.5 Å². The maximum atomic E-state index is 11.9. The van der Waals surface area contributed by atoms with Gasteiger partial charge in [0.05, 0.1) is 13.7 Å². The fraction of sp³-hybridized carbons (Fsp3) is 0.333. The topological polar surface area (TPSA) is 64.1 Å². The van der Waals surface area contributed by atoms with Crippen LogP contribution in [0.15, 0.2) is 34.0 Å². The Bertz CT molecular complexity index is 729. The molecule has 1 aromatic heterocycles. The van der Waals surface area contributed by atoms with Crippen LogP contribution >= 0.6 is 0 Å². The van der Waals surface area contributed by atoms with Crippen molar-refractivity contribution in [2.24, 2.45) is 0 Å². The molecule has 2 aromatic rings. The highest BCUT2D eigenvalue weighted by Gasteiger charge is 2.08. The van der Waals surface area contributed by atoms with Crippen molar-refractivity contribution in [1.82, 2.24) is 9.55 Å². The summed E-state index contributed by atoms with van der Waals surface area (Å²) in [6, 6.07) is 5.81. The third-order valence-electron chi connectivity index (χ3n) is 3.24. The molecule has 0 atom stereocenters. The van der Waals surface area contributed by atoms with Gasteiger partial charge >= 0.3 is 5.69 Å². The van der Waals surface area contributed by atoms with Crippen LogP contribution in [0.1, 0.15) is 23.6 Å². The summed E-state index contributed by atoms with van der Waals surface area (Å²) in [6.07, 6.45) is 2.20.